The number of carbonyl (C=O) groups excluding carboxylic acids is 2. The molecule has 0 unspecified atom stereocenters. The Hall–Kier alpha value is -4.34. The summed E-state index contributed by atoms with van der Waals surface area (Å²) in [5, 5.41) is 15.3. The Kier molecular flexibility index (Phi) is 8.99. The van der Waals surface area contributed by atoms with Crippen molar-refractivity contribution in [3.8, 4) is 17.2 Å². The topological polar surface area (TPSA) is 165 Å². The molecule has 14 nitrogen and oxygen atoms in total. The Labute approximate surface area is 255 Å². The molecule has 0 aliphatic carbocycles. The van der Waals surface area contributed by atoms with Gasteiger partial charge in [-0.05, 0) is 37.3 Å². The molecule has 1 aromatic heterocycles. The van der Waals surface area contributed by atoms with E-state index in [0.717, 1.165) is 0 Å². The van der Waals surface area contributed by atoms with Crippen LogP contribution in [-0.2, 0) is 28.3 Å². The molecule has 2 aliphatic rings. The molecule has 0 saturated heterocycles. The van der Waals surface area contributed by atoms with Gasteiger partial charge in [0, 0.05) is 55.8 Å². The summed E-state index contributed by atoms with van der Waals surface area (Å²) >= 11 is 0. The highest BCUT2D eigenvalue weighted by atomic mass is 32.2. The van der Waals surface area contributed by atoms with E-state index in [1.165, 1.54) is 23.9 Å². The Morgan fingerprint density at radius 1 is 1.14 bits per heavy atom. The van der Waals surface area contributed by atoms with Crippen LogP contribution in [0.1, 0.15) is 19.4 Å². The van der Waals surface area contributed by atoms with Gasteiger partial charge in [0.1, 0.15) is 11.9 Å². The lowest BCUT2D eigenvalue weighted by atomic mass is 10.0. The molecule has 0 saturated carbocycles. The van der Waals surface area contributed by atoms with Crippen LogP contribution in [0.5, 0.6) is 17.2 Å². The Bertz CT molecular complexity index is 1640. The zero-order chi connectivity index (χ0) is 31.6. The lowest BCUT2D eigenvalue weighted by molar-refractivity contribution is -0.134. The number of ether oxygens (including phenoxy) is 3. The lowest BCUT2D eigenvalue weighted by Crippen LogP contribution is -2.48. The zero-order valence-electron chi connectivity index (χ0n) is 24.9. The van der Waals surface area contributed by atoms with E-state index < -0.39 is 28.2 Å². The number of nitrogens with zero attached hydrogens (tertiary/aromatic N) is 4. The van der Waals surface area contributed by atoms with Gasteiger partial charge in [-0.25, -0.2) is 18.2 Å². The number of aliphatic hydroxyl groups is 1. The quantitative estimate of drug-likeness (QED) is 0.339. The van der Waals surface area contributed by atoms with Crippen molar-refractivity contribution in [2.45, 2.75) is 37.4 Å². The third-order valence-electron chi connectivity index (χ3n) is 7.60. The van der Waals surface area contributed by atoms with Crippen LogP contribution in [0.15, 0.2) is 53.9 Å². The van der Waals surface area contributed by atoms with Crippen molar-refractivity contribution in [3.63, 3.8) is 0 Å². The molecule has 3 amide bonds. The average Bonchev–Trinajstić information content (AvgIpc) is 3.65. The molecule has 2 aliphatic heterocycles. The van der Waals surface area contributed by atoms with E-state index in [1.807, 2.05) is 6.92 Å². The lowest BCUT2D eigenvalue weighted by Gasteiger charge is -2.33. The van der Waals surface area contributed by atoms with Gasteiger partial charge in [-0.1, -0.05) is 6.92 Å². The van der Waals surface area contributed by atoms with Gasteiger partial charge in [-0.2, -0.15) is 4.31 Å². The number of benzene rings is 2. The van der Waals surface area contributed by atoms with E-state index in [1.54, 1.807) is 59.8 Å². The van der Waals surface area contributed by atoms with Crippen molar-refractivity contribution < 1.29 is 37.3 Å². The van der Waals surface area contributed by atoms with Gasteiger partial charge in [-0.3, -0.25) is 4.79 Å². The predicted molar refractivity (Wildman–Crippen MR) is 160 cm³/mol. The molecular formula is C29H36N6O8S. The number of carbonyl (C=O) groups is 2. The van der Waals surface area contributed by atoms with Gasteiger partial charge in [0.25, 0.3) is 10.0 Å². The first-order valence-electron chi connectivity index (χ1n) is 14.1. The van der Waals surface area contributed by atoms with Gasteiger partial charge in [0.2, 0.25) is 12.7 Å². The number of rotatable bonds is 8. The average molecular weight is 629 g/mol. The minimum absolute atomic E-state index is 0.0208. The number of likely N-dealkylation sites (N-methyl/N-ethyl adjacent to an activating group) is 1. The summed E-state index contributed by atoms with van der Waals surface area (Å²) in [6.45, 7) is 3.71. The second-order valence-electron chi connectivity index (χ2n) is 11.0. The van der Waals surface area contributed by atoms with Crippen LogP contribution >= 0.6 is 0 Å². The molecule has 5 rings (SSSR count). The molecule has 3 heterocycles. The van der Waals surface area contributed by atoms with Gasteiger partial charge in [0.05, 0.1) is 31.9 Å². The maximum atomic E-state index is 13.5. The Balaban J connectivity index is 1.38. The second kappa shape index (κ2) is 12.7. The molecule has 3 aromatic rings. The minimum Gasteiger partial charge on any atom is -0.488 e. The maximum Gasteiger partial charge on any atom is 0.323 e. The number of urea groups is 1. The van der Waals surface area contributed by atoms with Crippen LogP contribution < -0.4 is 24.8 Å². The fraction of sp³-hybridized carbons (Fsp3) is 0.414. The third kappa shape index (κ3) is 6.74. The molecule has 236 valence electrons. The number of fused-ring (bicyclic) bond motifs is 2. The first kappa shape index (κ1) is 31.1. The summed E-state index contributed by atoms with van der Waals surface area (Å²) in [7, 11) is -0.770. The minimum atomic E-state index is -3.91. The number of amides is 3. The maximum absolute atomic E-state index is 13.5. The van der Waals surface area contributed by atoms with Gasteiger partial charge in [-0.15, -0.1) is 0 Å². The number of aryl methyl sites for hydroxylation is 1. The fourth-order valence-corrected chi connectivity index (χ4v) is 6.17. The van der Waals surface area contributed by atoms with Crippen molar-refractivity contribution >= 4 is 33.3 Å². The number of anilines is 2. The monoisotopic (exact) mass is 628 g/mol. The van der Waals surface area contributed by atoms with Crippen LogP contribution in [0.25, 0.3) is 0 Å². The number of imidazole rings is 1. The predicted octanol–water partition coefficient (Wildman–Crippen LogP) is 2.26. The molecule has 3 N–H and O–H groups in total. The number of nitrogens with one attached hydrogen (secondary N) is 2. The van der Waals surface area contributed by atoms with E-state index in [0.29, 0.717) is 34.2 Å². The Morgan fingerprint density at radius 3 is 2.50 bits per heavy atom. The molecule has 15 heteroatoms. The van der Waals surface area contributed by atoms with Crippen molar-refractivity contribution in [1.29, 1.82) is 0 Å². The standard InChI is InChI=1S/C29H36N6O8S/c1-18-12-35(19(2)15-36)28(37)10-20-9-21(31-29(38)32-22-6-8-24-25(11-22)42-17-41-24)5-7-23(20)43-26(18)13-34(4)44(39,40)27-14-33(3)16-30-27/h5-9,11,14,16,18-19,26,36H,10,12-13,15,17H2,1-4H3,(H2,31,32,38)/t18-,19+,26+/m0/s1. The largest absolute Gasteiger partial charge is 0.488 e. The first-order chi connectivity index (χ1) is 20.9. The fourth-order valence-electron chi connectivity index (χ4n) is 5.03. The van der Waals surface area contributed by atoms with E-state index in [2.05, 4.69) is 15.6 Å². The SMILES string of the molecule is C[C@H](CO)N1C[C@H](C)[C@@H](CN(C)S(=O)(=O)c2cn(C)cn2)Oc2ccc(NC(=O)Nc3ccc4c(c3)OCO4)cc2CC1=O. The molecule has 0 fully saturated rings. The highest BCUT2D eigenvalue weighted by Gasteiger charge is 2.34. The van der Waals surface area contributed by atoms with Crippen LogP contribution in [-0.4, -0.2) is 89.9 Å². The summed E-state index contributed by atoms with van der Waals surface area (Å²) in [5.74, 6) is 0.959. The number of aliphatic hydroxyl groups excluding tert-OH is 1. The van der Waals surface area contributed by atoms with Crippen LogP contribution in [0.4, 0.5) is 16.2 Å². The van der Waals surface area contributed by atoms with Crippen LogP contribution in [0, 0.1) is 5.92 Å². The normalized spacial score (nSPS) is 19.0. The smallest absolute Gasteiger partial charge is 0.323 e. The second-order valence-corrected chi connectivity index (χ2v) is 13.0. The summed E-state index contributed by atoms with van der Waals surface area (Å²) < 4.78 is 46.3. The van der Waals surface area contributed by atoms with Crippen molar-refractivity contribution in [3.05, 3.63) is 54.5 Å². The van der Waals surface area contributed by atoms with E-state index in [4.69, 9.17) is 14.2 Å². The third-order valence-corrected chi connectivity index (χ3v) is 9.31. The molecule has 44 heavy (non-hydrogen) atoms. The summed E-state index contributed by atoms with van der Waals surface area (Å²) in [4.78, 5) is 31.9. The number of sulfonamides is 1. The van der Waals surface area contributed by atoms with Crippen molar-refractivity contribution in [2.75, 3.05) is 44.2 Å². The molecule has 0 spiro atoms. The number of aromatic nitrogens is 2. The molecule has 0 bridgehead atoms. The molecular weight excluding hydrogens is 592 g/mol. The van der Waals surface area contributed by atoms with Crippen LogP contribution in [0.3, 0.4) is 0 Å². The Morgan fingerprint density at radius 2 is 1.82 bits per heavy atom. The molecule has 2 aromatic carbocycles. The number of hydrogen-bond donors (Lipinski definition) is 3. The molecule has 3 atom stereocenters. The highest BCUT2D eigenvalue weighted by Crippen LogP contribution is 2.34. The van der Waals surface area contributed by atoms with Gasteiger partial charge < -0.3 is 39.4 Å². The summed E-state index contributed by atoms with van der Waals surface area (Å²) in [6, 6.07) is 9.00. The van der Waals surface area contributed by atoms with E-state index in [9.17, 15) is 23.1 Å². The van der Waals surface area contributed by atoms with Gasteiger partial charge >= 0.3 is 6.03 Å². The number of hydrogen-bond acceptors (Lipinski definition) is 9. The van der Waals surface area contributed by atoms with Gasteiger partial charge in [0.15, 0.2) is 16.5 Å². The zero-order valence-corrected chi connectivity index (χ0v) is 25.7. The summed E-state index contributed by atoms with van der Waals surface area (Å²) in [6.07, 6.45) is 2.12. The van der Waals surface area contributed by atoms with E-state index >= 15 is 0 Å². The molecule has 0 radical (unpaired) electrons. The van der Waals surface area contributed by atoms with Crippen molar-refractivity contribution in [2.24, 2.45) is 13.0 Å². The first-order valence-corrected chi connectivity index (χ1v) is 15.5. The van der Waals surface area contributed by atoms with Crippen molar-refractivity contribution in [1.82, 2.24) is 18.8 Å². The summed E-state index contributed by atoms with van der Waals surface area (Å²) in [5.41, 5.74) is 1.42. The van der Waals surface area contributed by atoms with Crippen LogP contribution in [0.2, 0.25) is 0 Å². The van der Waals surface area contributed by atoms with E-state index in [-0.39, 0.29) is 49.8 Å². The highest BCUT2D eigenvalue weighted by molar-refractivity contribution is 7.89.